The van der Waals surface area contributed by atoms with Gasteiger partial charge in [0.1, 0.15) is 17.4 Å². The average molecular weight is 471 g/mol. The number of methoxy groups -OCH3 is 1. The zero-order valence-electron chi connectivity index (χ0n) is 16.2. The summed E-state index contributed by atoms with van der Waals surface area (Å²) in [4.78, 5) is 24.0. The Morgan fingerprint density at radius 3 is 2.57 bits per heavy atom. The summed E-state index contributed by atoms with van der Waals surface area (Å²) in [7, 11) is 1.42. The molecule has 1 N–H and O–H groups in total. The van der Waals surface area contributed by atoms with Gasteiger partial charge in [-0.05, 0) is 48.0 Å². The molecule has 2 rings (SSSR count). The molecular weight excluding hydrogens is 452 g/mol. The Bertz CT molecular complexity index is 994. The molecule has 0 bridgehead atoms. The fourth-order valence-electron chi connectivity index (χ4n) is 2.26. The maximum atomic E-state index is 12.1. The summed E-state index contributed by atoms with van der Waals surface area (Å²) in [6.07, 6.45) is 2.92. The van der Waals surface area contributed by atoms with Crippen molar-refractivity contribution in [2.75, 3.05) is 20.3 Å². The Labute approximate surface area is 182 Å². The van der Waals surface area contributed by atoms with Crippen molar-refractivity contribution in [3.63, 3.8) is 0 Å². The number of halogens is 1. The van der Waals surface area contributed by atoms with Gasteiger partial charge < -0.3 is 19.5 Å². The number of carbonyl (C=O) groups is 2. The lowest BCUT2D eigenvalue weighted by Gasteiger charge is -2.11. The first-order valence-corrected chi connectivity index (χ1v) is 9.54. The van der Waals surface area contributed by atoms with Gasteiger partial charge in [0.25, 0.3) is 5.91 Å². The molecule has 0 heterocycles. The monoisotopic (exact) mass is 470 g/mol. The van der Waals surface area contributed by atoms with Crippen molar-refractivity contribution in [1.29, 1.82) is 5.26 Å². The zero-order chi connectivity index (χ0) is 21.9. The number of rotatable bonds is 9. The van der Waals surface area contributed by atoms with Crippen molar-refractivity contribution in [2.24, 2.45) is 0 Å². The zero-order valence-corrected chi connectivity index (χ0v) is 17.8. The van der Waals surface area contributed by atoms with Crippen LogP contribution in [0, 0.1) is 11.3 Å². The number of nitrogens with zero attached hydrogens (tertiary/aromatic N) is 1. The Balaban J connectivity index is 2.07. The lowest BCUT2D eigenvalue weighted by molar-refractivity contribution is -0.136. The van der Waals surface area contributed by atoms with Gasteiger partial charge in [-0.3, -0.25) is 4.79 Å². The number of nitrogens with one attached hydrogen (secondary N) is 1. The smallest absolute Gasteiger partial charge is 0.349 e. The van der Waals surface area contributed by atoms with E-state index in [0.717, 1.165) is 4.47 Å². The van der Waals surface area contributed by atoms with E-state index in [0.29, 0.717) is 11.3 Å². The fourth-order valence-corrected chi connectivity index (χ4v) is 2.52. The highest BCUT2D eigenvalue weighted by molar-refractivity contribution is 9.10. The second-order valence-corrected chi connectivity index (χ2v) is 6.71. The second-order valence-electron chi connectivity index (χ2n) is 5.80. The van der Waals surface area contributed by atoms with E-state index >= 15 is 0 Å². The first-order valence-electron chi connectivity index (χ1n) is 8.74. The molecule has 0 atom stereocenters. The summed E-state index contributed by atoms with van der Waals surface area (Å²) >= 11 is 3.32. The van der Waals surface area contributed by atoms with E-state index in [1.807, 2.05) is 6.07 Å². The van der Waals surface area contributed by atoms with Crippen LogP contribution in [0.2, 0.25) is 0 Å². The summed E-state index contributed by atoms with van der Waals surface area (Å²) in [6.45, 7) is 3.47. The van der Waals surface area contributed by atoms with Gasteiger partial charge in [0.2, 0.25) is 0 Å². The van der Waals surface area contributed by atoms with E-state index in [9.17, 15) is 14.9 Å². The third-order valence-electron chi connectivity index (χ3n) is 3.66. The first-order chi connectivity index (χ1) is 14.5. The van der Waals surface area contributed by atoms with Gasteiger partial charge in [0.05, 0.1) is 7.11 Å². The van der Waals surface area contributed by atoms with E-state index < -0.39 is 11.9 Å². The van der Waals surface area contributed by atoms with E-state index in [4.69, 9.17) is 14.2 Å². The summed E-state index contributed by atoms with van der Waals surface area (Å²) < 4.78 is 16.8. The molecular formula is C22H19BrN2O5. The van der Waals surface area contributed by atoms with Crippen LogP contribution >= 0.6 is 15.9 Å². The van der Waals surface area contributed by atoms with Crippen LogP contribution in [-0.2, 0) is 9.59 Å². The summed E-state index contributed by atoms with van der Waals surface area (Å²) in [5.41, 5.74) is 0.453. The topological polar surface area (TPSA) is 97.7 Å². The van der Waals surface area contributed by atoms with Crippen LogP contribution in [0.1, 0.15) is 5.56 Å². The molecule has 2 aromatic carbocycles. The van der Waals surface area contributed by atoms with Crippen LogP contribution in [0.4, 0.5) is 0 Å². The lowest BCUT2D eigenvalue weighted by atomic mass is 10.1. The molecule has 2 aromatic rings. The third kappa shape index (κ3) is 6.79. The molecule has 154 valence electrons. The minimum Gasteiger partial charge on any atom is -0.493 e. The Morgan fingerprint density at radius 2 is 1.93 bits per heavy atom. The highest BCUT2D eigenvalue weighted by Crippen LogP contribution is 2.29. The molecule has 1 amide bonds. The predicted molar refractivity (Wildman–Crippen MR) is 115 cm³/mol. The highest BCUT2D eigenvalue weighted by atomic mass is 79.9. The van der Waals surface area contributed by atoms with E-state index in [2.05, 4.69) is 27.8 Å². The number of carbonyl (C=O) groups excluding carboxylic acids is 2. The van der Waals surface area contributed by atoms with Gasteiger partial charge in [-0.15, -0.1) is 6.58 Å². The number of benzene rings is 2. The molecule has 0 fully saturated rings. The number of esters is 1. The van der Waals surface area contributed by atoms with Crippen LogP contribution in [0.15, 0.2) is 65.2 Å². The normalized spacial score (nSPS) is 10.5. The average Bonchev–Trinajstić information content (AvgIpc) is 2.76. The molecule has 30 heavy (non-hydrogen) atoms. The quantitative estimate of drug-likeness (QED) is 0.197. The van der Waals surface area contributed by atoms with Crippen LogP contribution in [-0.4, -0.2) is 32.1 Å². The van der Waals surface area contributed by atoms with Gasteiger partial charge in [-0.25, -0.2) is 4.79 Å². The SMILES string of the molecule is C=CCNC(=O)/C(C#N)=C/c1ccc(OC(=O)COc2ccc(Br)cc2)c(OC)c1. The van der Waals surface area contributed by atoms with Crippen LogP contribution in [0.3, 0.4) is 0 Å². The van der Waals surface area contributed by atoms with Crippen LogP contribution in [0.5, 0.6) is 17.2 Å². The molecule has 0 saturated carbocycles. The molecule has 0 spiro atoms. The van der Waals surface area contributed by atoms with Crippen molar-refractivity contribution in [2.45, 2.75) is 0 Å². The second kappa shape index (κ2) is 11.4. The Morgan fingerprint density at radius 1 is 1.20 bits per heavy atom. The maximum absolute atomic E-state index is 12.1. The summed E-state index contributed by atoms with van der Waals surface area (Å²) in [5.74, 6) is -0.141. The van der Waals surface area contributed by atoms with Crippen molar-refractivity contribution in [1.82, 2.24) is 5.32 Å². The summed E-state index contributed by atoms with van der Waals surface area (Å²) in [6, 6.07) is 13.5. The van der Waals surface area contributed by atoms with Crippen molar-refractivity contribution >= 4 is 33.9 Å². The van der Waals surface area contributed by atoms with Gasteiger partial charge in [-0.1, -0.05) is 28.1 Å². The van der Waals surface area contributed by atoms with Crippen LogP contribution in [0.25, 0.3) is 6.08 Å². The number of hydrogen-bond acceptors (Lipinski definition) is 6. The molecule has 0 unspecified atom stereocenters. The molecule has 7 nitrogen and oxygen atoms in total. The molecule has 0 aliphatic carbocycles. The number of hydrogen-bond donors (Lipinski definition) is 1. The maximum Gasteiger partial charge on any atom is 0.349 e. The Hall–Kier alpha value is -3.57. The Kier molecular flexibility index (Phi) is 8.66. The van der Waals surface area contributed by atoms with E-state index in [-0.39, 0.29) is 30.2 Å². The standard InChI is InChI=1S/C22H19BrN2O5/c1-3-10-25-22(27)16(13-24)11-15-4-9-19(20(12-15)28-2)30-21(26)14-29-18-7-5-17(23)6-8-18/h3-9,11-12H,1,10,14H2,2H3,(H,25,27)/b16-11+. The molecule has 0 aromatic heterocycles. The van der Waals surface area contributed by atoms with Crippen molar-refractivity contribution in [3.05, 3.63) is 70.7 Å². The van der Waals surface area contributed by atoms with E-state index in [1.165, 1.54) is 25.3 Å². The first kappa shape index (κ1) is 22.7. The minimum absolute atomic E-state index is 0.0773. The van der Waals surface area contributed by atoms with E-state index in [1.54, 1.807) is 36.4 Å². The predicted octanol–water partition coefficient (Wildman–Crippen LogP) is 3.65. The van der Waals surface area contributed by atoms with Gasteiger partial charge in [0.15, 0.2) is 18.1 Å². The molecule has 8 heteroatoms. The number of nitriles is 1. The fraction of sp³-hybridized carbons (Fsp3) is 0.136. The van der Waals surface area contributed by atoms with Gasteiger partial charge in [0, 0.05) is 11.0 Å². The minimum atomic E-state index is -0.610. The lowest BCUT2D eigenvalue weighted by Crippen LogP contribution is -2.24. The highest BCUT2D eigenvalue weighted by Gasteiger charge is 2.13. The molecule has 0 aliphatic rings. The number of ether oxygens (including phenoxy) is 3. The van der Waals surface area contributed by atoms with Crippen molar-refractivity contribution in [3.8, 4) is 23.3 Å². The summed E-state index contributed by atoms with van der Waals surface area (Å²) in [5, 5.41) is 11.7. The van der Waals surface area contributed by atoms with Crippen LogP contribution < -0.4 is 19.5 Å². The van der Waals surface area contributed by atoms with Gasteiger partial charge in [-0.2, -0.15) is 5.26 Å². The molecule has 0 aliphatic heterocycles. The number of amides is 1. The van der Waals surface area contributed by atoms with Gasteiger partial charge >= 0.3 is 5.97 Å². The molecule has 0 saturated heterocycles. The third-order valence-corrected chi connectivity index (χ3v) is 4.19. The van der Waals surface area contributed by atoms with Crippen molar-refractivity contribution < 1.29 is 23.8 Å². The largest absolute Gasteiger partial charge is 0.493 e. The molecule has 0 radical (unpaired) electrons.